The summed E-state index contributed by atoms with van der Waals surface area (Å²) in [5, 5.41) is 0. The molecule has 0 unspecified atom stereocenters. The van der Waals surface area contributed by atoms with Gasteiger partial charge in [-0.25, -0.2) is 0 Å². The van der Waals surface area contributed by atoms with Gasteiger partial charge < -0.3 is 301 Å². The van der Waals surface area contributed by atoms with Crippen LogP contribution in [0.25, 0.3) is 0 Å². The van der Waals surface area contributed by atoms with Crippen molar-refractivity contribution in [1.82, 2.24) is 0 Å². The van der Waals surface area contributed by atoms with E-state index in [0.717, 1.165) is 0 Å². The third-order valence-electron chi connectivity index (χ3n) is 0. The van der Waals surface area contributed by atoms with Gasteiger partial charge in [-0.1, -0.05) is 0 Å². The molecule has 0 aromatic heterocycles. The van der Waals surface area contributed by atoms with E-state index in [-0.39, 0.29) is 2120 Å². The summed E-state index contributed by atoms with van der Waals surface area (Å²) in [5.41, 5.74) is 0. The molecule has 0 aliphatic heterocycles. The summed E-state index contributed by atoms with van der Waals surface area (Å²) in [5.74, 6) is 0. The first-order valence-electron chi connectivity index (χ1n) is 0. The van der Waals surface area contributed by atoms with Crippen LogP contribution in [0.3, 0.4) is 0 Å². The van der Waals surface area contributed by atoms with Gasteiger partial charge in [0.15, 0.2) is 0 Å². The average molecular weight is 4380 g/mol. The van der Waals surface area contributed by atoms with Crippen LogP contribution in [-0.4, -0.2) is 1820 Å². The van der Waals surface area contributed by atoms with Crippen LogP contribution >= 0.6 is 0 Å². The Morgan fingerprint density at radius 1 is 0.0211 bits per heavy atom. The first-order chi connectivity index (χ1) is 0. The molecule has 95 heavy (non-hydrogen) atoms. The smallest absolute Gasteiger partial charge is 2.00 e. The molecule has 0 saturated heterocycles. The predicted octanol–water partition coefficient (Wildman–Crippen LogP) is -21.8. The topological polar surface area (TPSA) is 1570 Å². The predicted molar refractivity (Wildman–Crippen MR) is 268 cm³/mol. The van der Waals surface area contributed by atoms with Crippen molar-refractivity contribution in [2.24, 2.45) is 0 Å². The molecule has 0 atom stereocenters. The number of rotatable bonds is 0. The largest absolute Gasteiger partial charge is 2.00 e. The summed E-state index contributed by atoms with van der Waals surface area (Å²) in [4.78, 5) is 0. The molecular weight excluding hydrogens is 4380 g/mol. The second kappa shape index (κ2) is 1050. The Kier molecular flexibility index (Phi) is 11700. The Balaban J connectivity index is 0. The van der Waals surface area contributed by atoms with Gasteiger partial charge >= 0.3 is 1820 Å². The third kappa shape index (κ3) is 1030. The molecule has 440 valence electrons. The molecule has 0 saturated carbocycles. The molecular formula is O55Sr40-30. The van der Waals surface area contributed by atoms with E-state index in [1.54, 1.807) is 0 Å². The van der Waals surface area contributed by atoms with Crippen molar-refractivity contribution in [3.8, 4) is 0 Å². The van der Waals surface area contributed by atoms with Gasteiger partial charge in [-0.05, 0) is 0 Å². The van der Waals surface area contributed by atoms with E-state index < -0.39 is 0 Å². The minimum absolute atomic E-state index is 0. The Bertz CT molecular complexity index is 93.3. The van der Waals surface area contributed by atoms with Gasteiger partial charge in [-0.3, -0.25) is 0 Å². The van der Waals surface area contributed by atoms with E-state index in [0.29, 0.717) is 0 Å². The first kappa shape index (κ1) is 1070. The van der Waals surface area contributed by atoms with Gasteiger partial charge in [0.2, 0.25) is 0 Å². The molecule has 0 radical (unpaired) electrons. The molecule has 0 N–H and O–H groups in total. The second-order valence-corrected chi connectivity index (χ2v) is 0. The Morgan fingerprint density at radius 3 is 0.0211 bits per heavy atom. The third-order valence-corrected chi connectivity index (χ3v) is 0. The van der Waals surface area contributed by atoms with Gasteiger partial charge in [-0.15, -0.1) is 0 Å². The van der Waals surface area contributed by atoms with Crippen LogP contribution in [-0.2, 0) is 301 Å². The van der Waals surface area contributed by atoms with Gasteiger partial charge in [-0.2, -0.15) is 0 Å². The standard InChI is InChI=1S/55O.40Sr/q55*-2;40*+2. The van der Waals surface area contributed by atoms with E-state index in [1.165, 1.54) is 0 Å². The molecule has 0 bridgehead atoms. The number of hydrogen-bond donors (Lipinski definition) is 0. The summed E-state index contributed by atoms with van der Waals surface area (Å²) in [6.45, 7) is 0. The van der Waals surface area contributed by atoms with Crippen molar-refractivity contribution < 1.29 is 301 Å². The van der Waals surface area contributed by atoms with Crippen molar-refractivity contribution >= 4 is 1820 Å². The normalized spacial score (nSPS) is 0. The molecule has 0 heterocycles. The second-order valence-electron chi connectivity index (χ2n) is 0. The van der Waals surface area contributed by atoms with Crippen LogP contribution < -0.4 is 0 Å². The van der Waals surface area contributed by atoms with Crippen molar-refractivity contribution in [2.75, 3.05) is 0 Å². The molecule has 0 aromatic rings. The van der Waals surface area contributed by atoms with Gasteiger partial charge in [0, 0.05) is 0 Å². The summed E-state index contributed by atoms with van der Waals surface area (Å²) in [6, 6.07) is 0. The van der Waals surface area contributed by atoms with Gasteiger partial charge in [0.05, 0.1) is 0 Å². The van der Waals surface area contributed by atoms with Crippen LogP contribution in [0.5, 0.6) is 0 Å². The average Bonchev–Trinajstić information content (AvgIpc) is 0. The van der Waals surface area contributed by atoms with Crippen molar-refractivity contribution in [3.05, 3.63) is 0 Å². The minimum Gasteiger partial charge on any atom is -2.00 e. The maximum atomic E-state index is 0. The fourth-order valence-corrected chi connectivity index (χ4v) is 0. The molecule has 0 fully saturated rings. The van der Waals surface area contributed by atoms with Crippen LogP contribution in [0.4, 0.5) is 0 Å². The van der Waals surface area contributed by atoms with Crippen molar-refractivity contribution in [1.29, 1.82) is 0 Å². The van der Waals surface area contributed by atoms with E-state index >= 15 is 0 Å². The monoisotopic (exact) mass is 4400 g/mol. The minimum atomic E-state index is 0. The van der Waals surface area contributed by atoms with Crippen LogP contribution in [0.1, 0.15) is 0 Å². The quantitative estimate of drug-likeness (QED) is 0.204. The van der Waals surface area contributed by atoms with Gasteiger partial charge in [0.25, 0.3) is 0 Å². The fraction of sp³-hybridized carbons (Fsp3) is 0. The number of hydrogen-bond acceptors (Lipinski definition) is 0. The molecule has 55 nitrogen and oxygen atoms in total. The van der Waals surface area contributed by atoms with Crippen LogP contribution in [0.2, 0.25) is 0 Å². The van der Waals surface area contributed by atoms with E-state index in [1.807, 2.05) is 0 Å². The van der Waals surface area contributed by atoms with E-state index in [4.69, 9.17) is 0 Å². The molecule has 0 aliphatic rings. The fourth-order valence-electron chi connectivity index (χ4n) is 0. The molecule has 0 rings (SSSR count). The molecule has 0 aliphatic carbocycles. The molecule has 0 aromatic carbocycles. The molecule has 95 heteroatoms. The summed E-state index contributed by atoms with van der Waals surface area (Å²) < 4.78 is 0. The Morgan fingerprint density at radius 2 is 0.0211 bits per heavy atom. The summed E-state index contributed by atoms with van der Waals surface area (Å²) in [6.07, 6.45) is 0. The van der Waals surface area contributed by atoms with Crippen molar-refractivity contribution in [2.45, 2.75) is 0 Å². The summed E-state index contributed by atoms with van der Waals surface area (Å²) >= 11 is 0. The SMILES string of the molecule is [O-2].[O-2].[O-2].[O-2].[O-2].[O-2].[O-2].[O-2].[O-2].[O-2].[O-2].[O-2].[O-2].[O-2].[O-2].[O-2].[O-2].[O-2].[O-2].[O-2].[O-2].[O-2].[O-2].[O-2].[O-2].[O-2].[O-2].[O-2].[O-2].[O-2].[O-2].[O-2].[O-2].[O-2].[O-2].[O-2].[O-2].[O-2].[O-2].[O-2].[O-2].[O-2].[O-2].[O-2].[O-2].[O-2].[O-2].[O-2].[O-2].[O-2].[O-2].[O-2].[O-2].[O-2].[O-2].[Sr+2].[Sr+2].[Sr+2].[Sr+2].[Sr+2].[Sr+2].[Sr+2].[Sr+2].[Sr+2].[Sr+2].[Sr+2].[Sr+2].[Sr+2].[Sr+2].[Sr+2].[Sr+2].[Sr+2].[Sr+2].[Sr+2].[Sr+2].[Sr+2].[Sr+2].[Sr+2].[Sr+2].[Sr+2].[Sr+2].[Sr+2].[Sr+2].[Sr+2].[Sr+2].[Sr+2].[Sr+2].[Sr+2].[Sr+2].[Sr+2].[Sr+2].[Sr+2].[Sr+2].[Sr+2].[Sr+2]. The molecule has 0 spiro atoms. The zero-order chi connectivity index (χ0) is 0. The Hall–Kier alpha value is 57.0. The van der Waals surface area contributed by atoms with E-state index in [2.05, 4.69) is 0 Å². The maximum absolute atomic E-state index is 0. The molecule has 0 amide bonds. The first-order valence-corrected chi connectivity index (χ1v) is 0. The van der Waals surface area contributed by atoms with Gasteiger partial charge in [0.1, 0.15) is 0 Å². The van der Waals surface area contributed by atoms with E-state index in [9.17, 15) is 0 Å². The summed E-state index contributed by atoms with van der Waals surface area (Å²) in [7, 11) is 0. The Labute approximate surface area is 2040 Å². The van der Waals surface area contributed by atoms with Crippen LogP contribution in [0, 0.1) is 0 Å². The van der Waals surface area contributed by atoms with Crippen molar-refractivity contribution in [3.63, 3.8) is 0 Å². The van der Waals surface area contributed by atoms with Crippen LogP contribution in [0.15, 0.2) is 0 Å². The zero-order valence-electron chi connectivity index (χ0n) is 50.7. The zero-order valence-corrected chi connectivity index (χ0v) is 190. The maximum Gasteiger partial charge on any atom is 2.00 e.